The van der Waals surface area contributed by atoms with E-state index in [1.165, 1.54) is 12.1 Å². The van der Waals surface area contributed by atoms with Gasteiger partial charge in [0.15, 0.2) is 0 Å². The van der Waals surface area contributed by atoms with Gasteiger partial charge in [-0.05, 0) is 49.2 Å². The lowest BCUT2D eigenvalue weighted by molar-refractivity contribution is 0.565. The number of aromatic nitrogens is 1. The number of pyridine rings is 1. The molecule has 0 aliphatic carbocycles. The fraction of sp³-hybridized carbons (Fsp3) is 0.214. The molecular formula is C14H15FN2O2S. The fourth-order valence-corrected chi connectivity index (χ4v) is 3.37. The number of sulfonamides is 1. The van der Waals surface area contributed by atoms with E-state index in [0.29, 0.717) is 5.56 Å². The van der Waals surface area contributed by atoms with Gasteiger partial charge in [0.25, 0.3) is 0 Å². The van der Waals surface area contributed by atoms with Crippen LogP contribution in [0.5, 0.6) is 0 Å². The van der Waals surface area contributed by atoms with Gasteiger partial charge >= 0.3 is 0 Å². The smallest absolute Gasteiger partial charge is 0.241 e. The maximum Gasteiger partial charge on any atom is 0.241 e. The van der Waals surface area contributed by atoms with Gasteiger partial charge in [-0.15, -0.1) is 0 Å². The molecule has 1 heterocycles. The van der Waals surface area contributed by atoms with Gasteiger partial charge in [0.2, 0.25) is 10.0 Å². The highest BCUT2D eigenvalue weighted by Gasteiger charge is 2.20. The predicted octanol–water partition coefficient (Wildman–Crippen LogP) is 2.57. The zero-order valence-electron chi connectivity index (χ0n) is 11.2. The molecule has 0 aliphatic rings. The summed E-state index contributed by atoms with van der Waals surface area (Å²) in [6.45, 7) is 3.29. The number of halogens is 1. The maximum atomic E-state index is 13.0. The van der Waals surface area contributed by atoms with E-state index in [2.05, 4.69) is 9.71 Å². The molecule has 2 aromatic rings. The van der Waals surface area contributed by atoms with Gasteiger partial charge in [0.05, 0.1) is 4.90 Å². The third-order valence-electron chi connectivity index (χ3n) is 2.94. The number of rotatable bonds is 4. The second kappa shape index (κ2) is 5.68. The average molecular weight is 294 g/mol. The number of benzene rings is 1. The van der Waals surface area contributed by atoms with Gasteiger partial charge in [-0.3, -0.25) is 4.98 Å². The normalized spacial score (nSPS) is 13.2. The van der Waals surface area contributed by atoms with Crippen LogP contribution in [0.4, 0.5) is 4.39 Å². The minimum absolute atomic E-state index is 0.0784. The highest BCUT2D eigenvalue weighted by atomic mass is 32.2. The Labute approximate surface area is 117 Å². The number of nitrogens with one attached hydrogen (secondary N) is 1. The molecule has 0 fully saturated rings. The molecule has 0 unspecified atom stereocenters. The topological polar surface area (TPSA) is 59.1 Å². The molecular weight excluding hydrogens is 279 g/mol. The summed E-state index contributed by atoms with van der Waals surface area (Å²) in [7, 11) is -3.70. The van der Waals surface area contributed by atoms with Gasteiger partial charge in [-0.25, -0.2) is 17.5 Å². The molecule has 0 saturated heterocycles. The van der Waals surface area contributed by atoms with Crippen LogP contribution >= 0.6 is 0 Å². The van der Waals surface area contributed by atoms with E-state index >= 15 is 0 Å². The highest BCUT2D eigenvalue weighted by Crippen LogP contribution is 2.19. The Balaban J connectivity index is 2.28. The second-order valence-corrected chi connectivity index (χ2v) is 6.22. The maximum absolute atomic E-state index is 13.0. The van der Waals surface area contributed by atoms with Gasteiger partial charge in [-0.2, -0.15) is 0 Å². The van der Waals surface area contributed by atoms with Crippen molar-refractivity contribution in [2.24, 2.45) is 0 Å². The lowest BCUT2D eigenvalue weighted by Crippen LogP contribution is -2.27. The van der Waals surface area contributed by atoms with E-state index < -0.39 is 21.9 Å². The monoisotopic (exact) mass is 294 g/mol. The zero-order valence-corrected chi connectivity index (χ0v) is 12.0. The molecule has 4 nitrogen and oxygen atoms in total. The number of aryl methyl sites for hydroxylation is 1. The van der Waals surface area contributed by atoms with Crippen LogP contribution in [0.15, 0.2) is 47.6 Å². The third-order valence-corrected chi connectivity index (χ3v) is 4.64. The predicted molar refractivity (Wildman–Crippen MR) is 74.1 cm³/mol. The van der Waals surface area contributed by atoms with Crippen molar-refractivity contribution in [3.05, 3.63) is 59.7 Å². The first-order valence-corrected chi connectivity index (χ1v) is 7.57. The summed E-state index contributed by atoms with van der Waals surface area (Å²) in [5.41, 5.74) is 1.13. The van der Waals surface area contributed by atoms with E-state index in [1.54, 1.807) is 38.4 Å². The van der Waals surface area contributed by atoms with Gasteiger partial charge in [-0.1, -0.05) is 6.07 Å². The Morgan fingerprint density at radius 3 is 2.65 bits per heavy atom. The zero-order chi connectivity index (χ0) is 14.8. The fourth-order valence-electron chi connectivity index (χ4n) is 1.91. The molecule has 1 N–H and O–H groups in total. The van der Waals surface area contributed by atoms with Crippen molar-refractivity contribution < 1.29 is 12.8 Å². The molecule has 0 amide bonds. The van der Waals surface area contributed by atoms with E-state index in [9.17, 15) is 12.8 Å². The van der Waals surface area contributed by atoms with Crippen molar-refractivity contribution in [2.45, 2.75) is 24.8 Å². The van der Waals surface area contributed by atoms with Gasteiger partial charge in [0.1, 0.15) is 5.82 Å². The highest BCUT2D eigenvalue weighted by molar-refractivity contribution is 7.89. The minimum Gasteiger partial charge on any atom is -0.264 e. The molecule has 6 heteroatoms. The summed E-state index contributed by atoms with van der Waals surface area (Å²) in [5.74, 6) is -0.457. The van der Waals surface area contributed by atoms with Gasteiger partial charge in [0, 0.05) is 18.4 Å². The minimum atomic E-state index is -3.70. The molecule has 1 atom stereocenters. The van der Waals surface area contributed by atoms with E-state index in [1.807, 2.05) is 0 Å². The Morgan fingerprint density at radius 1 is 1.30 bits per heavy atom. The summed E-state index contributed by atoms with van der Waals surface area (Å²) in [5, 5.41) is 0. The van der Waals surface area contributed by atoms with Crippen LogP contribution in [0.3, 0.4) is 0 Å². The summed E-state index contributed by atoms with van der Waals surface area (Å²) in [6, 6.07) is 6.71. The molecule has 0 aliphatic heterocycles. The Hall–Kier alpha value is -1.79. The van der Waals surface area contributed by atoms with Crippen molar-refractivity contribution in [3.63, 3.8) is 0 Å². The van der Waals surface area contributed by atoms with Crippen LogP contribution in [0.2, 0.25) is 0 Å². The lowest BCUT2D eigenvalue weighted by Gasteiger charge is -2.15. The van der Waals surface area contributed by atoms with Gasteiger partial charge < -0.3 is 0 Å². The Morgan fingerprint density at radius 2 is 2.05 bits per heavy atom. The molecule has 1 aromatic carbocycles. The van der Waals surface area contributed by atoms with Crippen molar-refractivity contribution in [1.82, 2.24) is 9.71 Å². The number of hydrogen-bond donors (Lipinski definition) is 1. The van der Waals surface area contributed by atoms with Crippen LogP contribution in [0.25, 0.3) is 0 Å². The third kappa shape index (κ3) is 3.20. The molecule has 0 radical (unpaired) electrons. The molecule has 1 aromatic heterocycles. The molecule has 0 bridgehead atoms. The molecule has 106 valence electrons. The van der Waals surface area contributed by atoms with Crippen molar-refractivity contribution in [2.75, 3.05) is 0 Å². The largest absolute Gasteiger partial charge is 0.264 e. The average Bonchev–Trinajstić information content (AvgIpc) is 2.38. The van der Waals surface area contributed by atoms with Crippen LogP contribution < -0.4 is 4.72 Å². The van der Waals surface area contributed by atoms with Crippen LogP contribution in [0.1, 0.15) is 24.1 Å². The van der Waals surface area contributed by atoms with Crippen molar-refractivity contribution in [3.8, 4) is 0 Å². The Bertz CT molecular complexity index is 702. The standard InChI is InChI=1S/C14H15FN2O2S/c1-10-8-13(15)5-6-14(10)20(18,19)17-11(2)12-4-3-7-16-9-12/h3-9,11,17H,1-2H3/t11-/m0/s1. The quantitative estimate of drug-likeness (QED) is 0.943. The van der Waals surface area contributed by atoms with Crippen molar-refractivity contribution in [1.29, 1.82) is 0 Å². The first kappa shape index (κ1) is 14.6. The van der Waals surface area contributed by atoms with E-state index in [0.717, 1.165) is 11.6 Å². The first-order chi connectivity index (χ1) is 9.40. The summed E-state index contributed by atoms with van der Waals surface area (Å²) >= 11 is 0. The van der Waals surface area contributed by atoms with Crippen molar-refractivity contribution >= 4 is 10.0 Å². The summed E-state index contributed by atoms with van der Waals surface area (Å²) in [6.07, 6.45) is 3.22. The lowest BCUT2D eigenvalue weighted by atomic mass is 10.2. The molecule has 2 rings (SSSR count). The SMILES string of the molecule is Cc1cc(F)ccc1S(=O)(=O)N[C@@H](C)c1cccnc1. The van der Waals surface area contributed by atoms with Crippen LogP contribution in [-0.2, 0) is 10.0 Å². The summed E-state index contributed by atoms with van der Waals surface area (Å²) < 4.78 is 40.2. The summed E-state index contributed by atoms with van der Waals surface area (Å²) in [4.78, 5) is 4.03. The Kier molecular flexibility index (Phi) is 4.15. The molecule has 0 saturated carbocycles. The van der Waals surface area contributed by atoms with E-state index in [4.69, 9.17) is 0 Å². The first-order valence-electron chi connectivity index (χ1n) is 6.08. The molecule has 20 heavy (non-hydrogen) atoms. The second-order valence-electron chi connectivity index (χ2n) is 4.54. The van der Waals surface area contributed by atoms with E-state index in [-0.39, 0.29) is 4.90 Å². The molecule has 0 spiro atoms. The number of nitrogens with zero attached hydrogens (tertiary/aromatic N) is 1. The van der Waals surface area contributed by atoms with Crippen LogP contribution in [0, 0.1) is 12.7 Å². The number of hydrogen-bond acceptors (Lipinski definition) is 3. The van der Waals surface area contributed by atoms with Crippen LogP contribution in [-0.4, -0.2) is 13.4 Å².